The van der Waals surface area contributed by atoms with E-state index in [2.05, 4.69) is 40.1 Å². The molecule has 104 valence electrons. The molecule has 0 amide bonds. The zero-order chi connectivity index (χ0) is 13.1. The van der Waals surface area contributed by atoms with Crippen LogP contribution in [0.3, 0.4) is 0 Å². The summed E-state index contributed by atoms with van der Waals surface area (Å²) in [7, 11) is 0. The van der Waals surface area contributed by atoms with Gasteiger partial charge in [0.05, 0.1) is 0 Å². The fraction of sp³-hybridized carbons (Fsp3) is 0.625. The molecule has 0 radical (unpaired) electrons. The van der Waals surface area contributed by atoms with Gasteiger partial charge >= 0.3 is 0 Å². The molecule has 2 saturated heterocycles. The molecular weight excluding hydrogens is 234 g/mol. The van der Waals surface area contributed by atoms with Crippen LogP contribution in [0.15, 0.2) is 30.3 Å². The summed E-state index contributed by atoms with van der Waals surface area (Å²) in [4.78, 5) is 5.24. The maximum Gasteiger partial charge on any atom is 0.0237 e. The van der Waals surface area contributed by atoms with Crippen LogP contribution in [0.1, 0.15) is 18.4 Å². The van der Waals surface area contributed by atoms with Crippen molar-refractivity contribution in [3.8, 4) is 0 Å². The second-order valence-corrected chi connectivity index (χ2v) is 5.95. The third kappa shape index (κ3) is 2.99. The minimum atomic E-state index is 0.738. The van der Waals surface area contributed by atoms with E-state index in [0.29, 0.717) is 0 Å². The first-order chi connectivity index (χ1) is 9.36. The summed E-state index contributed by atoms with van der Waals surface area (Å²) in [6.45, 7) is 6.73. The van der Waals surface area contributed by atoms with Crippen molar-refractivity contribution in [3.63, 3.8) is 0 Å². The molecule has 3 nitrogen and oxygen atoms in total. The van der Waals surface area contributed by atoms with Crippen LogP contribution >= 0.6 is 0 Å². The summed E-state index contributed by atoms with van der Waals surface area (Å²) in [6, 6.07) is 11.6. The summed E-state index contributed by atoms with van der Waals surface area (Å²) in [5.74, 6) is 0.865. The Balaban J connectivity index is 1.69. The van der Waals surface area contributed by atoms with Crippen LogP contribution in [0.5, 0.6) is 0 Å². The molecule has 0 aromatic heterocycles. The first-order valence-electron chi connectivity index (χ1n) is 7.57. The molecule has 3 heteroatoms. The van der Waals surface area contributed by atoms with E-state index in [1.807, 2.05) is 0 Å². The van der Waals surface area contributed by atoms with Gasteiger partial charge in [0.1, 0.15) is 0 Å². The van der Waals surface area contributed by atoms with Crippen LogP contribution in [0.4, 0.5) is 0 Å². The van der Waals surface area contributed by atoms with Crippen molar-refractivity contribution in [1.82, 2.24) is 9.80 Å². The van der Waals surface area contributed by atoms with E-state index in [-0.39, 0.29) is 0 Å². The lowest BCUT2D eigenvalue weighted by Gasteiger charge is -2.39. The van der Waals surface area contributed by atoms with Gasteiger partial charge in [-0.2, -0.15) is 0 Å². The lowest BCUT2D eigenvalue weighted by atomic mass is 9.92. The largest absolute Gasteiger partial charge is 0.329 e. The predicted octanol–water partition coefficient (Wildman–Crippen LogP) is 1.54. The monoisotopic (exact) mass is 259 g/mol. The van der Waals surface area contributed by atoms with Gasteiger partial charge in [0.2, 0.25) is 0 Å². The maximum absolute atomic E-state index is 5.83. The third-order valence-corrected chi connectivity index (χ3v) is 4.71. The average Bonchev–Trinajstić information content (AvgIpc) is 2.82. The summed E-state index contributed by atoms with van der Waals surface area (Å²) >= 11 is 0. The van der Waals surface area contributed by atoms with Crippen molar-refractivity contribution in [1.29, 1.82) is 0 Å². The fourth-order valence-electron chi connectivity index (χ4n) is 3.76. The standard InChI is InChI=1S/C16H25N3/c17-8-11-19(12-14-4-2-1-3-5-14)16-7-10-18-9-6-15(16)13-18/h1-5,15-16H,6-13,17H2. The molecule has 2 fully saturated rings. The molecule has 0 aliphatic carbocycles. The van der Waals surface area contributed by atoms with E-state index in [0.717, 1.165) is 31.6 Å². The number of benzene rings is 1. The molecule has 0 saturated carbocycles. The molecule has 2 heterocycles. The Bertz CT molecular complexity index is 392. The first kappa shape index (κ1) is 13.1. The Morgan fingerprint density at radius 1 is 1.16 bits per heavy atom. The van der Waals surface area contributed by atoms with Crippen molar-refractivity contribution in [2.45, 2.75) is 25.4 Å². The Morgan fingerprint density at radius 3 is 2.74 bits per heavy atom. The number of nitrogens with zero attached hydrogens (tertiary/aromatic N) is 2. The fourth-order valence-corrected chi connectivity index (χ4v) is 3.76. The van der Waals surface area contributed by atoms with E-state index in [4.69, 9.17) is 5.73 Å². The van der Waals surface area contributed by atoms with Crippen LogP contribution in [0.2, 0.25) is 0 Å². The Labute approximate surface area is 116 Å². The number of rotatable bonds is 5. The van der Waals surface area contributed by atoms with E-state index in [9.17, 15) is 0 Å². The Morgan fingerprint density at radius 2 is 1.95 bits per heavy atom. The SMILES string of the molecule is NCCN(Cc1ccccc1)C1CCN2CCC1C2. The highest BCUT2D eigenvalue weighted by Crippen LogP contribution is 2.31. The predicted molar refractivity (Wildman–Crippen MR) is 78.9 cm³/mol. The zero-order valence-corrected chi connectivity index (χ0v) is 11.7. The molecule has 1 aromatic carbocycles. The Kier molecular flexibility index (Phi) is 4.16. The number of fused-ring (bicyclic) bond motifs is 2. The minimum absolute atomic E-state index is 0.738. The zero-order valence-electron chi connectivity index (χ0n) is 11.7. The molecular formula is C16H25N3. The van der Waals surface area contributed by atoms with Gasteiger partial charge in [0, 0.05) is 32.2 Å². The van der Waals surface area contributed by atoms with E-state index >= 15 is 0 Å². The number of piperidine rings is 1. The highest BCUT2D eigenvalue weighted by Gasteiger charge is 2.36. The number of nitrogens with two attached hydrogens (primary N) is 1. The second kappa shape index (κ2) is 6.04. The summed E-state index contributed by atoms with van der Waals surface area (Å²) in [5.41, 5.74) is 7.25. The molecule has 2 aliphatic rings. The van der Waals surface area contributed by atoms with Crippen LogP contribution in [0.25, 0.3) is 0 Å². The first-order valence-corrected chi connectivity index (χ1v) is 7.57. The number of hydrogen-bond donors (Lipinski definition) is 1. The van der Waals surface area contributed by atoms with Crippen molar-refractivity contribution in [2.75, 3.05) is 32.7 Å². The van der Waals surface area contributed by atoms with Crippen molar-refractivity contribution < 1.29 is 0 Å². The molecule has 2 N–H and O–H groups in total. The molecule has 2 aliphatic heterocycles. The van der Waals surface area contributed by atoms with Crippen molar-refractivity contribution >= 4 is 0 Å². The van der Waals surface area contributed by atoms with Gasteiger partial charge in [-0.25, -0.2) is 0 Å². The topological polar surface area (TPSA) is 32.5 Å². The Hall–Kier alpha value is -0.900. The smallest absolute Gasteiger partial charge is 0.0237 e. The lowest BCUT2D eigenvalue weighted by molar-refractivity contribution is 0.0961. The molecule has 3 rings (SSSR count). The molecule has 3 atom stereocenters. The number of hydrogen-bond acceptors (Lipinski definition) is 3. The molecule has 2 bridgehead atoms. The lowest BCUT2D eigenvalue weighted by Crippen LogP contribution is -2.47. The molecule has 3 unspecified atom stereocenters. The van der Waals surface area contributed by atoms with Crippen LogP contribution in [-0.2, 0) is 6.54 Å². The maximum atomic E-state index is 5.83. The van der Waals surface area contributed by atoms with Crippen LogP contribution < -0.4 is 5.73 Å². The second-order valence-electron chi connectivity index (χ2n) is 5.95. The van der Waals surface area contributed by atoms with Crippen LogP contribution in [0, 0.1) is 5.92 Å². The highest BCUT2D eigenvalue weighted by molar-refractivity contribution is 5.14. The van der Waals surface area contributed by atoms with Crippen molar-refractivity contribution in [2.24, 2.45) is 11.7 Å². The highest BCUT2D eigenvalue weighted by atomic mass is 15.2. The van der Waals surface area contributed by atoms with Gasteiger partial charge in [0.25, 0.3) is 0 Å². The van der Waals surface area contributed by atoms with Gasteiger partial charge in [-0.1, -0.05) is 30.3 Å². The summed E-state index contributed by atoms with van der Waals surface area (Å²) < 4.78 is 0. The van der Waals surface area contributed by atoms with E-state index in [1.54, 1.807) is 0 Å². The van der Waals surface area contributed by atoms with Gasteiger partial charge in [-0.05, 0) is 37.4 Å². The van der Waals surface area contributed by atoms with Gasteiger partial charge in [0.15, 0.2) is 0 Å². The third-order valence-electron chi connectivity index (χ3n) is 4.71. The minimum Gasteiger partial charge on any atom is -0.329 e. The molecule has 1 aromatic rings. The van der Waals surface area contributed by atoms with Gasteiger partial charge in [-0.15, -0.1) is 0 Å². The molecule has 0 spiro atoms. The van der Waals surface area contributed by atoms with Gasteiger partial charge in [-0.3, -0.25) is 4.90 Å². The van der Waals surface area contributed by atoms with E-state index in [1.165, 1.54) is 38.0 Å². The quantitative estimate of drug-likeness (QED) is 0.870. The summed E-state index contributed by atoms with van der Waals surface area (Å²) in [5, 5.41) is 0. The molecule has 19 heavy (non-hydrogen) atoms. The van der Waals surface area contributed by atoms with Crippen LogP contribution in [-0.4, -0.2) is 48.6 Å². The van der Waals surface area contributed by atoms with E-state index < -0.39 is 0 Å². The summed E-state index contributed by atoms with van der Waals surface area (Å²) in [6.07, 6.45) is 2.69. The van der Waals surface area contributed by atoms with Crippen molar-refractivity contribution in [3.05, 3.63) is 35.9 Å². The van der Waals surface area contributed by atoms with Gasteiger partial charge < -0.3 is 10.6 Å². The normalized spacial score (nSPS) is 29.9. The average molecular weight is 259 g/mol.